The summed E-state index contributed by atoms with van der Waals surface area (Å²) in [4.78, 5) is 41.7. The first-order valence-corrected chi connectivity index (χ1v) is 12.2. The Kier molecular flexibility index (Phi) is 13.6. The molecule has 0 radical (unpaired) electrons. The summed E-state index contributed by atoms with van der Waals surface area (Å²) in [5, 5.41) is 7.21. The molecule has 2 rings (SSSR count). The van der Waals surface area contributed by atoms with E-state index >= 15 is 0 Å². The van der Waals surface area contributed by atoms with Gasteiger partial charge in [-0.2, -0.15) is 13.2 Å². The number of urea groups is 1. The van der Waals surface area contributed by atoms with Gasteiger partial charge in [-0.1, -0.05) is 37.3 Å². The van der Waals surface area contributed by atoms with Crippen molar-refractivity contribution in [2.75, 3.05) is 27.7 Å². The first-order chi connectivity index (χ1) is 18.3. The maximum atomic E-state index is 12.9. The van der Waals surface area contributed by atoms with E-state index in [1.165, 1.54) is 14.0 Å². The van der Waals surface area contributed by atoms with Gasteiger partial charge in [0.2, 0.25) is 0 Å². The minimum Gasteiger partial charge on any atom is -0.354 e. The molecule has 1 aromatic heterocycles. The largest absolute Gasteiger partial charge is 0.416 e. The highest BCUT2D eigenvalue weighted by molar-refractivity contribution is 5.97. The predicted octanol–water partition coefficient (Wildman–Crippen LogP) is 4.38. The van der Waals surface area contributed by atoms with Crippen molar-refractivity contribution in [2.24, 2.45) is 0 Å². The van der Waals surface area contributed by atoms with Crippen molar-refractivity contribution >= 4 is 17.7 Å². The number of pyridine rings is 1. The summed E-state index contributed by atoms with van der Waals surface area (Å²) in [6.45, 7) is 5.62. The summed E-state index contributed by atoms with van der Waals surface area (Å²) in [5.41, 5.74) is 1.44. The van der Waals surface area contributed by atoms with Gasteiger partial charge in [-0.25, -0.2) is 4.79 Å². The van der Waals surface area contributed by atoms with Gasteiger partial charge in [0, 0.05) is 26.7 Å². The van der Waals surface area contributed by atoms with Crippen LogP contribution in [0.15, 0.2) is 66.0 Å². The lowest BCUT2D eigenvalue weighted by Gasteiger charge is -2.12. The molecule has 0 unspecified atom stereocenters. The Morgan fingerprint density at radius 3 is 2.10 bits per heavy atom. The van der Waals surface area contributed by atoms with E-state index in [0.29, 0.717) is 18.2 Å². The zero-order chi connectivity index (χ0) is 29.6. The van der Waals surface area contributed by atoms with Crippen molar-refractivity contribution in [1.82, 2.24) is 25.8 Å². The Morgan fingerprint density at radius 2 is 1.62 bits per heavy atom. The molecule has 39 heavy (non-hydrogen) atoms. The van der Waals surface area contributed by atoms with Crippen molar-refractivity contribution in [2.45, 2.75) is 39.9 Å². The monoisotopic (exact) mass is 547 g/mol. The fourth-order valence-electron chi connectivity index (χ4n) is 2.91. The molecule has 0 aliphatic carbocycles. The summed E-state index contributed by atoms with van der Waals surface area (Å²) < 4.78 is 38.8. The second kappa shape index (κ2) is 16.1. The molecular formula is C28H36F3N5O3. The molecule has 8 nitrogen and oxygen atoms in total. The molecular weight excluding hydrogens is 511 g/mol. The average Bonchev–Trinajstić information content (AvgIpc) is 2.89. The van der Waals surface area contributed by atoms with E-state index in [9.17, 15) is 27.6 Å². The topological polar surface area (TPSA) is 103 Å². The van der Waals surface area contributed by atoms with E-state index in [2.05, 4.69) is 46.9 Å². The molecule has 0 saturated carbocycles. The van der Waals surface area contributed by atoms with Crippen molar-refractivity contribution in [3.8, 4) is 0 Å². The first-order valence-electron chi connectivity index (χ1n) is 12.2. The third-order valence-corrected chi connectivity index (χ3v) is 5.37. The zero-order valence-corrected chi connectivity index (χ0v) is 23.1. The van der Waals surface area contributed by atoms with E-state index in [1.807, 2.05) is 18.2 Å². The summed E-state index contributed by atoms with van der Waals surface area (Å²) in [5.74, 6) is -0.983. The number of rotatable bonds is 9. The van der Waals surface area contributed by atoms with Crippen LogP contribution in [0.25, 0.3) is 0 Å². The van der Waals surface area contributed by atoms with E-state index in [-0.39, 0.29) is 12.5 Å². The van der Waals surface area contributed by atoms with Crippen LogP contribution in [0.5, 0.6) is 0 Å². The first kappa shape index (κ1) is 33.0. The number of alkyl halides is 3. The summed E-state index contributed by atoms with van der Waals surface area (Å²) in [7, 11) is 5.64. The number of carbonyl (C=O) groups excluding carboxylic acids is 3. The van der Waals surface area contributed by atoms with Crippen LogP contribution in [-0.4, -0.2) is 61.5 Å². The SMILES string of the molecule is C/C=C(\C=C(\NC(=O)NCc1ccc(Cc2ccnc(C(=O)NC)c2)cc1)C(C)=O)C(F)(F)F.CCN(C)C. The lowest BCUT2D eigenvalue weighted by atomic mass is 10.0. The van der Waals surface area contributed by atoms with Gasteiger partial charge in [0.25, 0.3) is 5.91 Å². The molecule has 0 atom stereocenters. The van der Waals surface area contributed by atoms with E-state index in [1.54, 1.807) is 24.4 Å². The maximum Gasteiger partial charge on any atom is 0.416 e. The number of hydrogen-bond acceptors (Lipinski definition) is 5. The number of benzene rings is 1. The average molecular weight is 548 g/mol. The van der Waals surface area contributed by atoms with Crippen LogP contribution in [0.2, 0.25) is 0 Å². The molecule has 0 fully saturated rings. The molecule has 0 saturated heterocycles. The highest BCUT2D eigenvalue weighted by atomic mass is 19.4. The molecule has 0 spiro atoms. The molecule has 0 aliphatic rings. The van der Waals surface area contributed by atoms with Crippen LogP contribution < -0.4 is 16.0 Å². The second-order valence-corrected chi connectivity index (χ2v) is 8.68. The molecule has 0 bridgehead atoms. The highest BCUT2D eigenvalue weighted by Gasteiger charge is 2.32. The van der Waals surface area contributed by atoms with Crippen molar-refractivity contribution in [3.63, 3.8) is 0 Å². The lowest BCUT2D eigenvalue weighted by Crippen LogP contribution is -2.36. The molecule has 0 aliphatic heterocycles. The van der Waals surface area contributed by atoms with E-state index in [4.69, 9.17) is 0 Å². The molecule has 3 N–H and O–H groups in total. The Bertz CT molecular complexity index is 1170. The molecule has 2 aromatic rings. The Balaban J connectivity index is 0.00000139. The number of Topliss-reactive ketones (excluding diaryl/α,β-unsaturated/α-hetero) is 1. The number of hydrogen-bond donors (Lipinski definition) is 3. The Labute approximate surface area is 227 Å². The van der Waals surface area contributed by atoms with Crippen LogP contribution >= 0.6 is 0 Å². The van der Waals surface area contributed by atoms with Gasteiger partial charge in [0.15, 0.2) is 5.78 Å². The van der Waals surface area contributed by atoms with Crippen molar-refractivity contribution < 1.29 is 27.6 Å². The smallest absolute Gasteiger partial charge is 0.354 e. The number of allylic oxidation sites excluding steroid dienone is 4. The number of aromatic nitrogens is 1. The minimum absolute atomic E-state index is 0.100. The van der Waals surface area contributed by atoms with Crippen LogP contribution in [0.3, 0.4) is 0 Å². The molecule has 11 heteroatoms. The Morgan fingerprint density at radius 1 is 1.03 bits per heavy atom. The fourth-order valence-corrected chi connectivity index (χ4v) is 2.91. The number of nitrogens with one attached hydrogen (secondary N) is 3. The summed E-state index contributed by atoms with van der Waals surface area (Å²) in [6.07, 6.45) is -1.09. The molecule has 1 heterocycles. The van der Waals surface area contributed by atoms with Gasteiger partial charge in [-0.3, -0.25) is 14.6 Å². The van der Waals surface area contributed by atoms with Gasteiger partial charge in [0.1, 0.15) is 5.69 Å². The van der Waals surface area contributed by atoms with E-state index < -0.39 is 29.3 Å². The van der Waals surface area contributed by atoms with Gasteiger partial charge in [0.05, 0.1) is 11.3 Å². The normalized spacial score (nSPS) is 11.8. The minimum atomic E-state index is -4.64. The predicted molar refractivity (Wildman–Crippen MR) is 145 cm³/mol. The van der Waals surface area contributed by atoms with Crippen LogP contribution in [-0.2, 0) is 17.8 Å². The van der Waals surface area contributed by atoms with Crippen molar-refractivity contribution in [3.05, 3.63) is 88.4 Å². The van der Waals surface area contributed by atoms with E-state index in [0.717, 1.165) is 36.2 Å². The third-order valence-electron chi connectivity index (χ3n) is 5.37. The van der Waals surface area contributed by atoms with Crippen LogP contribution in [0, 0.1) is 0 Å². The number of amides is 3. The van der Waals surface area contributed by atoms with Crippen LogP contribution in [0.4, 0.5) is 18.0 Å². The highest BCUT2D eigenvalue weighted by Crippen LogP contribution is 2.27. The van der Waals surface area contributed by atoms with Crippen LogP contribution in [0.1, 0.15) is 48.0 Å². The summed E-state index contributed by atoms with van der Waals surface area (Å²) in [6, 6.07) is 10.0. The van der Waals surface area contributed by atoms with Gasteiger partial charge in [-0.15, -0.1) is 0 Å². The fraction of sp³-hybridized carbons (Fsp3) is 0.357. The Hall–Kier alpha value is -3.99. The number of halogens is 3. The standard InChI is InChI=1S/C24H25F3N4O3.C4H11N/c1-4-19(24(25,26)27)13-20(15(2)32)31-23(34)30-14-17-7-5-16(6-8-17)11-18-9-10-29-21(12-18)22(33)28-3;1-4-5(2)3/h4-10,12-13H,11,14H2,1-3H3,(H,28,33)(H2,30,31,34);4H2,1-3H3/b19-4+,20-13+;. The molecule has 3 amide bonds. The quantitative estimate of drug-likeness (QED) is 0.319. The molecule has 212 valence electrons. The molecule has 1 aromatic carbocycles. The van der Waals surface area contributed by atoms with Gasteiger partial charge < -0.3 is 20.9 Å². The van der Waals surface area contributed by atoms with Gasteiger partial charge in [-0.05, 0) is 68.9 Å². The number of nitrogens with zero attached hydrogens (tertiary/aromatic N) is 2. The number of carbonyl (C=O) groups is 3. The maximum absolute atomic E-state index is 12.9. The number of ketones is 1. The summed E-state index contributed by atoms with van der Waals surface area (Å²) >= 11 is 0. The van der Waals surface area contributed by atoms with Gasteiger partial charge >= 0.3 is 12.2 Å². The second-order valence-electron chi connectivity index (χ2n) is 8.68. The zero-order valence-electron chi connectivity index (χ0n) is 23.1. The van der Waals surface area contributed by atoms with Crippen molar-refractivity contribution in [1.29, 1.82) is 0 Å². The third kappa shape index (κ3) is 12.4. The lowest BCUT2D eigenvalue weighted by molar-refractivity contribution is -0.113.